The normalized spacial score (nSPS) is 13.8. The molecular formula is C9H20S. The van der Waals surface area contributed by atoms with Gasteiger partial charge >= 0.3 is 0 Å². The highest BCUT2D eigenvalue weighted by molar-refractivity contribution is 8.14. The van der Waals surface area contributed by atoms with E-state index in [9.17, 15) is 0 Å². The molecule has 1 unspecified atom stereocenters. The van der Waals surface area contributed by atoms with Crippen molar-refractivity contribution in [3.8, 4) is 0 Å². The van der Waals surface area contributed by atoms with E-state index in [0.717, 1.165) is 5.92 Å². The summed E-state index contributed by atoms with van der Waals surface area (Å²) in [6.45, 7) is 6.88. The van der Waals surface area contributed by atoms with Crippen molar-refractivity contribution in [2.45, 2.75) is 33.6 Å². The van der Waals surface area contributed by atoms with Crippen LogP contribution < -0.4 is 0 Å². The minimum atomic E-state index is 0.534. The first kappa shape index (κ1) is 10.2. The lowest BCUT2D eigenvalue weighted by Crippen LogP contribution is -2.00. The average Bonchev–Trinajstić information content (AvgIpc) is 1.87. The van der Waals surface area contributed by atoms with Gasteiger partial charge in [0.05, 0.1) is 0 Å². The second kappa shape index (κ2) is 4.95. The zero-order valence-corrected chi connectivity index (χ0v) is 8.72. The van der Waals surface area contributed by atoms with Crippen LogP contribution in [0.1, 0.15) is 33.6 Å². The van der Waals surface area contributed by atoms with E-state index < -0.39 is 0 Å². The third-order valence-electron chi connectivity index (χ3n) is 2.03. The van der Waals surface area contributed by atoms with Crippen molar-refractivity contribution in [2.75, 3.05) is 12.5 Å². The molecule has 0 saturated heterocycles. The van der Waals surface area contributed by atoms with Gasteiger partial charge in [-0.25, -0.2) is 0 Å². The molecular weight excluding hydrogens is 140 g/mol. The van der Waals surface area contributed by atoms with E-state index in [1.54, 1.807) is 4.86 Å². The molecule has 1 atom stereocenters. The fraction of sp³-hybridized carbons (Fsp3) is 0.889. The predicted molar refractivity (Wildman–Crippen MR) is 54.2 cm³/mol. The molecule has 0 N–H and O–H groups in total. The zero-order valence-electron chi connectivity index (χ0n) is 7.90. The number of hydrogen-bond acceptors (Lipinski definition) is 0. The van der Waals surface area contributed by atoms with Crippen molar-refractivity contribution >= 4 is 15.3 Å². The van der Waals surface area contributed by atoms with Gasteiger partial charge in [-0.3, -0.25) is 0 Å². The molecule has 0 heterocycles. The Morgan fingerprint density at radius 2 is 1.90 bits per heavy atom. The topological polar surface area (TPSA) is 0 Å². The Morgan fingerprint density at radius 1 is 1.40 bits per heavy atom. The maximum absolute atomic E-state index is 2.33. The Kier molecular flexibility index (Phi) is 5.06. The van der Waals surface area contributed by atoms with Gasteiger partial charge in [0.2, 0.25) is 0 Å². The summed E-state index contributed by atoms with van der Waals surface area (Å²) in [5.74, 6) is 0.884. The first-order valence-electron chi connectivity index (χ1n) is 3.98. The molecule has 0 aromatic carbocycles. The van der Waals surface area contributed by atoms with Gasteiger partial charge in [-0.05, 0) is 31.8 Å². The molecule has 0 bridgehead atoms. The van der Waals surface area contributed by atoms with Crippen LogP contribution in [-0.2, 0) is 0 Å². The lowest BCUT2D eigenvalue weighted by Gasteiger charge is -2.09. The molecule has 0 aliphatic heterocycles. The van der Waals surface area contributed by atoms with Crippen molar-refractivity contribution < 1.29 is 0 Å². The number of hydrogen-bond donors (Lipinski definition) is 0. The highest BCUT2D eigenvalue weighted by atomic mass is 32.2. The summed E-state index contributed by atoms with van der Waals surface area (Å²) in [7, 11) is 0.534. The first-order valence-corrected chi connectivity index (χ1v) is 6.02. The molecule has 0 aliphatic rings. The van der Waals surface area contributed by atoms with Crippen LogP contribution in [0.3, 0.4) is 0 Å². The second-order valence-corrected chi connectivity index (χ2v) is 5.57. The lowest BCUT2D eigenvalue weighted by molar-refractivity contribution is 0.589. The fourth-order valence-corrected chi connectivity index (χ4v) is 1.42. The van der Waals surface area contributed by atoms with Crippen LogP contribution in [0.25, 0.3) is 0 Å². The third-order valence-corrected chi connectivity index (χ3v) is 3.59. The van der Waals surface area contributed by atoms with E-state index in [2.05, 4.69) is 33.3 Å². The van der Waals surface area contributed by atoms with Crippen LogP contribution in [0.5, 0.6) is 0 Å². The summed E-state index contributed by atoms with van der Waals surface area (Å²) in [4.78, 5) is 1.68. The Bertz CT molecular complexity index is 121. The molecule has 1 heteroatoms. The van der Waals surface area contributed by atoms with E-state index in [-0.39, 0.29) is 0 Å². The smallest absolute Gasteiger partial charge is 0.0237 e. The van der Waals surface area contributed by atoms with E-state index >= 15 is 0 Å². The highest BCUT2D eigenvalue weighted by Crippen LogP contribution is 2.13. The molecule has 0 saturated carbocycles. The van der Waals surface area contributed by atoms with Gasteiger partial charge in [-0.2, -0.15) is 10.5 Å². The molecule has 0 aromatic heterocycles. The van der Waals surface area contributed by atoms with Crippen LogP contribution in [0, 0.1) is 5.92 Å². The molecule has 0 rings (SSSR count). The van der Waals surface area contributed by atoms with Crippen LogP contribution in [0.2, 0.25) is 0 Å². The molecule has 0 aliphatic carbocycles. The van der Waals surface area contributed by atoms with Crippen molar-refractivity contribution in [2.24, 2.45) is 5.92 Å². The second-order valence-electron chi connectivity index (χ2n) is 3.24. The van der Waals surface area contributed by atoms with E-state index in [1.165, 1.54) is 12.8 Å². The summed E-state index contributed by atoms with van der Waals surface area (Å²) in [6.07, 6.45) is 7.25. The van der Waals surface area contributed by atoms with Crippen LogP contribution >= 0.6 is 10.5 Å². The molecule has 0 radical (unpaired) electrons. The molecule has 0 amide bonds. The summed E-state index contributed by atoms with van der Waals surface area (Å²) in [6, 6.07) is 0. The van der Waals surface area contributed by atoms with Crippen molar-refractivity contribution in [3.05, 3.63) is 0 Å². The standard InChI is InChI=1S/C9H20S/c1-6-8(2)7-9(3)10(4)5/h8H,6-7H2,1-5H3. The lowest BCUT2D eigenvalue weighted by atomic mass is 10.0. The molecule has 10 heavy (non-hydrogen) atoms. The van der Waals surface area contributed by atoms with Crippen LogP contribution in [0.4, 0.5) is 0 Å². The molecule has 0 aromatic rings. The van der Waals surface area contributed by atoms with Gasteiger partial charge in [0.15, 0.2) is 0 Å². The van der Waals surface area contributed by atoms with Gasteiger partial charge in [-0.1, -0.05) is 25.1 Å². The van der Waals surface area contributed by atoms with Gasteiger partial charge in [0.25, 0.3) is 0 Å². The summed E-state index contributed by atoms with van der Waals surface area (Å²) >= 11 is 0. The zero-order chi connectivity index (χ0) is 8.15. The monoisotopic (exact) mass is 160 g/mol. The fourth-order valence-electron chi connectivity index (χ4n) is 0.802. The SMILES string of the molecule is CCC(C)CC(C)=S(C)C. The molecule has 0 fully saturated rings. The number of rotatable bonds is 3. The Hall–Kier alpha value is 0.220. The quantitative estimate of drug-likeness (QED) is 0.556. The molecule has 0 nitrogen and oxygen atoms in total. The van der Waals surface area contributed by atoms with Crippen molar-refractivity contribution in [3.63, 3.8) is 0 Å². The van der Waals surface area contributed by atoms with Gasteiger partial charge in [0, 0.05) is 0 Å². The summed E-state index contributed by atoms with van der Waals surface area (Å²) in [5, 5.41) is 0. The Morgan fingerprint density at radius 3 is 2.20 bits per heavy atom. The maximum Gasteiger partial charge on any atom is -0.0237 e. The third kappa shape index (κ3) is 4.10. The van der Waals surface area contributed by atoms with Crippen molar-refractivity contribution in [1.82, 2.24) is 0 Å². The van der Waals surface area contributed by atoms with Gasteiger partial charge < -0.3 is 0 Å². The van der Waals surface area contributed by atoms with Crippen molar-refractivity contribution in [1.29, 1.82) is 0 Å². The maximum atomic E-state index is 2.33. The van der Waals surface area contributed by atoms with Crippen LogP contribution in [-0.4, -0.2) is 17.4 Å². The minimum Gasteiger partial charge on any atom is -0.193 e. The van der Waals surface area contributed by atoms with E-state index in [4.69, 9.17) is 0 Å². The Balaban J connectivity index is 3.79. The van der Waals surface area contributed by atoms with Crippen LogP contribution in [0.15, 0.2) is 0 Å². The highest BCUT2D eigenvalue weighted by Gasteiger charge is 1.99. The minimum absolute atomic E-state index is 0.534. The van der Waals surface area contributed by atoms with Gasteiger partial charge in [-0.15, -0.1) is 0 Å². The van der Waals surface area contributed by atoms with E-state index in [0.29, 0.717) is 10.5 Å². The molecule has 62 valence electrons. The van der Waals surface area contributed by atoms with Gasteiger partial charge in [0.1, 0.15) is 0 Å². The van der Waals surface area contributed by atoms with E-state index in [1.807, 2.05) is 0 Å². The Labute approximate surface area is 68.0 Å². The summed E-state index contributed by atoms with van der Waals surface area (Å²) in [5.41, 5.74) is 0. The first-order chi connectivity index (χ1) is 4.57. The molecule has 0 spiro atoms. The predicted octanol–water partition coefficient (Wildman–Crippen LogP) is 3.14. The summed E-state index contributed by atoms with van der Waals surface area (Å²) < 4.78 is 0. The average molecular weight is 160 g/mol. The largest absolute Gasteiger partial charge is 0.193 e.